The third-order valence-electron chi connectivity index (χ3n) is 5.73. The van der Waals surface area contributed by atoms with Crippen LogP contribution in [0.5, 0.6) is 0 Å². The second kappa shape index (κ2) is 11.2. The standard InChI is InChI=1S/C24H32N2O4S2/c1-25(32(2,29)30)23-11-7-6-10-21(23)24(28)26-15-14-19-18-20(12-13-22(19)26)31-17-9-5-3-4-8-16-27/h6-7,10-13,18,27H,3-5,8-9,14-17H2,1-2H3. The average molecular weight is 477 g/mol. The van der Waals surface area contributed by atoms with Gasteiger partial charge in [0.05, 0.1) is 17.5 Å². The van der Waals surface area contributed by atoms with Crippen LogP contribution >= 0.6 is 11.8 Å². The molecule has 1 N–H and O–H groups in total. The number of anilines is 2. The number of thioether (sulfide) groups is 1. The van der Waals surface area contributed by atoms with E-state index < -0.39 is 10.0 Å². The maximum atomic E-state index is 13.3. The monoisotopic (exact) mass is 476 g/mol. The number of hydrogen-bond acceptors (Lipinski definition) is 5. The molecule has 1 aliphatic heterocycles. The smallest absolute Gasteiger partial charge is 0.260 e. The Hall–Kier alpha value is -2.03. The Morgan fingerprint density at radius 3 is 2.56 bits per heavy atom. The van der Waals surface area contributed by atoms with E-state index in [0.29, 0.717) is 17.8 Å². The Kier molecular flexibility index (Phi) is 8.62. The van der Waals surface area contributed by atoms with E-state index in [2.05, 4.69) is 12.1 Å². The van der Waals surface area contributed by atoms with Gasteiger partial charge < -0.3 is 10.0 Å². The maximum Gasteiger partial charge on any atom is 0.260 e. The summed E-state index contributed by atoms with van der Waals surface area (Å²) in [4.78, 5) is 16.3. The van der Waals surface area contributed by atoms with Gasteiger partial charge in [-0.2, -0.15) is 0 Å². The number of rotatable bonds is 11. The second-order valence-electron chi connectivity index (χ2n) is 8.08. The highest BCUT2D eigenvalue weighted by molar-refractivity contribution is 7.99. The number of fused-ring (bicyclic) bond motifs is 1. The molecule has 0 spiro atoms. The van der Waals surface area contributed by atoms with Gasteiger partial charge in [0.25, 0.3) is 5.91 Å². The van der Waals surface area contributed by atoms with Crippen molar-refractivity contribution in [3.63, 3.8) is 0 Å². The average Bonchev–Trinajstić information content (AvgIpc) is 3.20. The van der Waals surface area contributed by atoms with Crippen molar-refractivity contribution in [2.24, 2.45) is 0 Å². The number of aliphatic hydroxyl groups excluding tert-OH is 1. The minimum atomic E-state index is -3.47. The Balaban J connectivity index is 1.67. The molecular weight excluding hydrogens is 444 g/mol. The fourth-order valence-electron chi connectivity index (χ4n) is 3.87. The Morgan fingerprint density at radius 2 is 1.81 bits per heavy atom. The minimum absolute atomic E-state index is 0.182. The van der Waals surface area contributed by atoms with Crippen LogP contribution in [0.25, 0.3) is 0 Å². The van der Waals surface area contributed by atoms with Crippen molar-refractivity contribution in [1.29, 1.82) is 0 Å². The fourth-order valence-corrected chi connectivity index (χ4v) is 5.36. The number of nitrogens with zero attached hydrogens (tertiary/aromatic N) is 2. The number of sulfonamides is 1. The first-order valence-electron chi connectivity index (χ1n) is 11.0. The van der Waals surface area contributed by atoms with Crippen LogP contribution in [-0.2, 0) is 16.4 Å². The van der Waals surface area contributed by atoms with Crippen LogP contribution in [-0.4, -0.2) is 51.6 Å². The Morgan fingerprint density at radius 1 is 1.09 bits per heavy atom. The first-order chi connectivity index (χ1) is 15.3. The first-order valence-corrected chi connectivity index (χ1v) is 13.9. The fraction of sp³-hybridized carbons (Fsp3) is 0.458. The van der Waals surface area contributed by atoms with Gasteiger partial charge in [0.2, 0.25) is 10.0 Å². The molecule has 0 radical (unpaired) electrons. The van der Waals surface area contributed by atoms with E-state index in [1.165, 1.54) is 24.8 Å². The van der Waals surface area contributed by atoms with Crippen LogP contribution in [0.3, 0.4) is 0 Å². The molecule has 3 rings (SSSR count). The summed E-state index contributed by atoms with van der Waals surface area (Å²) in [6.07, 6.45) is 7.41. The third-order valence-corrected chi connectivity index (χ3v) is 8.01. The van der Waals surface area contributed by atoms with Crippen molar-refractivity contribution in [3.8, 4) is 0 Å². The van der Waals surface area contributed by atoms with Crippen LogP contribution in [0.4, 0.5) is 11.4 Å². The number of carbonyl (C=O) groups is 1. The van der Waals surface area contributed by atoms with Crippen LogP contribution in [0.1, 0.15) is 48.0 Å². The van der Waals surface area contributed by atoms with Crippen molar-refractivity contribution in [3.05, 3.63) is 53.6 Å². The summed E-state index contributed by atoms with van der Waals surface area (Å²) in [5, 5.41) is 8.83. The van der Waals surface area contributed by atoms with Gasteiger partial charge >= 0.3 is 0 Å². The molecule has 1 amide bonds. The summed E-state index contributed by atoms with van der Waals surface area (Å²) in [5.41, 5.74) is 2.83. The molecule has 2 aromatic carbocycles. The van der Waals surface area contributed by atoms with Gasteiger partial charge in [-0.05, 0) is 60.9 Å². The zero-order valence-electron chi connectivity index (χ0n) is 18.8. The van der Waals surface area contributed by atoms with Gasteiger partial charge in [0.15, 0.2) is 0 Å². The number of unbranched alkanes of at least 4 members (excludes halogenated alkanes) is 4. The molecule has 6 nitrogen and oxygen atoms in total. The second-order valence-corrected chi connectivity index (χ2v) is 11.3. The van der Waals surface area contributed by atoms with Crippen LogP contribution in [0.15, 0.2) is 47.4 Å². The molecule has 0 saturated heterocycles. The zero-order chi connectivity index (χ0) is 23.1. The molecule has 0 aliphatic carbocycles. The highest BCUT2D eigenvalue weighted by atomic mass is 32.2. The van der Waals surface area contributed by atoms with E-state index in [9.17, 15) is 13.2 Å². The lowest BCUT2D eigenvalue weighted by atomic mass is 10.1. The molecule has 0 saturated carbocycles. The summed E-state index contributed by atoms with van der Waals surface area (Å²) < 4.78 is 25.2. The van der Waals surface area contributed by atoms with E-state index in [1.807, 2.05) is 17.8 Å². The van der Waals surface area contributed by atoms with Crippen LogP contribution in [0.2, 0.25) is 0 Å². The number of carbonyl (C=O) groups excluding carboxylic acids is 1. The first kappa shape index (κ1) is 24.6. The molecule has 0 atom stereocenters. The highest BCUT2D eigenvalue weighted by Crippen LogP contribution is 2.34. The Labute approximate surface area is 195 Å². The number of aliphatic hydroxyl groups is 1. The molecule has 0 unspecified atom stereocenters. The highest BCUT2D eigenvalue weighted by Gasteiger charge is 2.29. The largest absolute Gasteiger partial charge is 0.396 e. The molecular formula is C24H32N2O4S2. The summed E-state index contributed by atoms with van der Waals surface area (Å²) in [6, 6.07) is 13.1. The number of para-hydroxylation sites is 1. The summed E-state index contributed by atoms with van der Waals surface area (Å²) >= 11 is 1.84. The molecule has 0 aromatic heterocycles. The quantitative estimate of drug-likeness (QED) is 0.386. The van der Waals surface area contributed by atoms with Gasteiger partial charge in [-0.1, -0.05) is 31.4 Å². The van der Waals surface area contributed by atoms with Crippen molar-refractivity contribution in [2.45, 2.75) is 43.4 Å². The zero-order valence-corrected chi connectivity index (χ0v) is 20.4. The molecule has 32 heavy (non-hydrogen) atoms. The molecule has 8 heteroatoms. The molecule has 174 valence electrons. The molecule has 1 heterocycles. The molecule has 2 aromatic rings. The van der Waals surface area contributed by atoms with Gasteiger partial charge in [0.1, 0.15) is 0 Å². The topological polar surface area (TPSA) is 77.9 Å². The minimum Gasteiger partial charge on any atom is -0.396 e. The third kappa shape index (κ3) is 6.05. The van der Waals surface area contributed by atoms with Gasteiger partial charge in [0, 0.05) is 30.8 Å². The SMILES string of the molecule is CN(c1ccccc1C(=O)N1CCc2cc(SCCCCCCCO)ccc21)S(C)(=O)=O. The lowest BCUT2D eigenvalue weighted by molar-refractivity contribution is 0.0990. The van der Waals surface area contributed by atoms with E-state index >= 15 is 0 Å². The van der Waals surface area contributed by atoms with Crippen molar-refractivity contribution in [2.75, 3.05) is 41.4 Å². The van der Waals surface area contributed by atoms with E-state index in [-0.39, 0.29) is 12.5 Å². The number of benzene rings is 2. The number of hydrogen-bond donors (Lipinski definition) is 1. The number of amides is 1. The lowest BCUT2D eigenvalue weighted by Crippen LogP contribution is -2.32. The predicted molar refractivity (Wildman–Crippen MR) is 132 cm³/mol. The van der Waals surface area contributed by atoms with E-state index in [0.717, 1.165) is 53.2 Å². The normalized spacial score (nSPS) is 13.3. The summed E-state index contributed by atoms with van der Waals surface area (Å²) in [6.45, 7) is 0.869. The maximum absolute atomic E-state index is 13.3. The van der Waals surface area contributed by atoms with Crippen molar-refractivity contribution < 1.29 is 18.3 Å². The molecule has 1 aliphatic rings. The van der Waals surface area contributed by atoms with Crippen molar-refractivity contribution in [1.82, 2.24) is 0 Å². The van der Waals surface area contributed by atoms with E-state index in [4.69, 9.17) is 5.11 Å². The van der Waals surface area contributed by atoms with E-state index in [1.54, 1.807) is 29.2 Å². The van der Waals surface area contributed by atoms with Gasteiger partial charge in [-0.15, -0.1) is 11.8 Å². The summed E-state index contributed by atoms with van der Waals surface area (Å²) in [5.74, 6) is 0.879. The summed E-state index contributed by atoms with van der Waals surface area (Å²) in [7, 11) is -2.00. The lowest BCUT2D eigenvalue weighted by Gasteiger charge is -2.23. The van der Waals surface area contributed by atoms with Crippen LogP contribution < -0.4 is 9.21 Å². The molecule has 0 fully saturated rings. The van der Waals surface area contributed by atoms with Crippen LogP contribution in [0, 0.1) is 0 Å². The predicted octanol–water partition coefficient (Wildman–Crippen LogP) is 4.32. The van der Waals surface area contributed by atoms with Gasteiger partial charge in [-0.3, -0.25) is 9.10 Å². The van der Waals surface area contributed by atoms with Crippen molar-refractivity contribution >= 4 is 39.1 Å². The Bertz CT molecular complexity index is 1040. The van der Waals surface area contributed by atoms with Gasteiger partial charge in [-0.25, -0.2) is 8.42 Å². The molecule has 0 bridgehead atoms.